The van der Waals surface area contributed by atoms with Crippen LogP contribution in [0.4, 0.5) is 10.1 Å². The molecular weight excluding hydrogens is 339 g/mol. The van der Waals surface area contributed by atoms with Crippen molar-refractivity contribution in [1.29, 1.82) is 0 Å². The van der Waals surface area contributed by atoms with Crippen LogP contribution in [0.25, 0.3) is 0 Å². The Morgan fingerprint density at radius 2 is 1.80 bits per heavy atom. The summed E-state index contributed by atoms with van der Waals surface area (Å²) in [6.07, 6.45) is 3.36. The largest absolute Gasteiger partial charge is 0.264 e. The maximum Gasteiger partial charge on any atom is 0.154 e. The Bertz CT molecular complexity index is 982. The third-order valence-corrected chi connectivity index (χ3v) is 4.02. The molecule has 0 spiro atoms. The summed E-state index contributed by atoms with van der Waals surface area (Å²) in [5, 5.41) is 5.09. The lowest BCUT2D eigenvalue weighted by atomic mass is 10.0. The lowest BCUT2D eigenvalue weighted by molar-refractivity contribution is 0.627. The number of fused-ring (bicyclic) bond motifs is 1. The minimum absolute atomic E-state index is 0.347. The summed E-state index contributed by atoms with van der Waals surface area (Å²) in [7, 11) is 0. The van der Waals surface area contributed by atoms with Gasteiger partial charge in [-0.2, -0.15) is 5.10 Å². The third kappa shape index (κ3) is 3.14. The fraction of sp³-hybridized carbons (Fsp3) is 0. The number of amidine groups is 1. The topological polar surface area (TPSA) is 49.6 Å². The Labute approximate surface area is 148 Å². The van der Waals surface area contributed by atoms with Gasteiger partial charge in [-0.05, 0) is 54.6 Å². The molecule has 0 atom stereocenters. The molecule has 0 unspecified atom stereocenters. The number of rotatable bonds is 2. The molecule has 1 N–H and O–H groups in total. The molecule has 0 aliphatic carbocycles. The van der Waals surface area contributed by atoms with E-state index in [1.807, 2.05) is 24.3 Å². The van der Waals surface area contributed by atoms with Crippen LogP contribution in [0.2, 0.25) is 5.02 Å². The highest BCUT2D eigenvalue weighted by Gasteiger charge is 2.18. The molecular formula is C19H12ClFN4. The van der Waals surface area contributed by atoms with Crippen LogP contribution >= 0.6 is 11.6 Å². The van der Waals surface area contributed by atoms with Crippen molar-refractivity contribution in [3.63, 3.8) is 0 Å². The van der Waals surface area contributed by atoms with Crippen molar-refractivity contribution in [3.05, 3.63) is 94.5 Å². The van der Waals surface area contributed by atoms with Crippen molar-refractivity contribution >= 4 is 28.8 Å². The average Bonchev–Trinajstić information content (AvgIpc) is 2.82. The lowest BCUT2D eigenvalue weighted by Gasteiger charge is -2.07. The molecule has 2 aromatic carbocycles. The predicted molar refractivity (Wildman–Crippen MR) is 97.1 cm³/mol. The molecule has 4 rings (SSSR count). The Balaban J connectivity index is 1.87. The molecule has 6 heteroatoms. The Morgan fingerprint density at radius 3 is 2.56 bits per heavy atom. The molecule has 25 heavy (non-hydrogen) atoms. The molecule has 0 amide bonds. The van der Waals surface area contributed by atoms with Crippen molar-refractivity contribution in [3.8, 4) is 0 Å². The van der Waals surface area contributed by atoms with Gasteiger partial charge in [-0.1, -0.05) is 11.6 Å². The Hall–Kier alpha value is -3.05. The zero-order valence-electron chi connectivity index (χ0n) is 12.9. The van der Waals surface area contributed by atoms with E-state index >= 15 is 0 Å². The molecule has 1 aromatic heterocycles. The van der Waals surface area contributed by atoms with Gasteiger partial charge in [-0.25, -0.2) is 9.38 Å². The van der Waals surface area contributed by atoms with E-state index in [0.717, 1.165) is 11.1 Å². The van der Waals surface area contributed by atoms with Crippen molar-refractivity contribution in [1.82, 2.24) is 10.4 Å². The summed E-state index contributed by atoms with van der Waals surface area (Å²) in [6, 6.07) is 15.4. The first-order chi connectivity index (χ1) is 12.2. The summed E-state index contributed by atoms with van der Waals surface area (Å²) in [5.74, 6) is 0.212. The van der Waals surface area contributed by atoms with Gasteiger partial charge in [0.2, 0.25) is 0 Å². The van der Waals surface area contributed by atoms with Gasteiger partial charge >= 0.3 is 0 Å². The summed E-state index contributed by atoms with van der Waals surface area (Å²) >= 11 is 5.95. The second-order valence-electron chi connectivity index (χ2n) is 5.44. The van der Waals surface area contributed by atoms with Crippen LogP contribution in [0, 0.1) is 5.82 Å². The first kappa shape index (κ1) is 15.5. The van der Waals surface area contributed by atoms with Crippen molar-refractivity contribution in [2.45, 2.75) is 0 Å². The SMILES string of the molecule is Fc1ccc2c(c1)C(c1cccnc1)=NNC(c1ccc(Cl)cc1)=N2. The Morgan fingerprint density at radius 1 is 0.960 bits per heavy atom. The number of pyridine rings is 1. The monoisotopic (exact) mass is 350 g/mol. The molecule has 0 saturated carbocycles. The van der Waals surface area contributed by atoms with Gasteiger partial charge in [-0.3, -0.25) is 10.4 Å². The van der Waals surface area contributed by atoms with E-state index in [9.17, 15) is 4.39 Å². The maximum atomic E-state index is 13.8. The number of benzene rings is 2. The molecule has 2 heterocycles. The summed E-state index contributed by atoms with van der Waals surface area (Å²) in [4.78, 5) is 8.73. The van der Waals surface area contributed by atoms with E-state index in [0.29, 0.717) is 27.8 Å². The van der Waals surface area contributed by atoms with Crippen LogP contribution in [0.1, 0.15) is 16.7 Å². The van der Waals surface area contributed by atoms with Gasteiger partial charge in [0.15, 0.2) is 5.84 Å². The van der Waals surface area contributed by atoms with Crippen molar-refractivity contribution in [2.75, 3.05) is 0 Å². The number of nitrogens with zero attached hydrogens (tertiary/aromatic N) is 3. The summed E-state index contributed by atoms with van der Waals surface area (Å²) in [5.41, 5.74) is 6.38. The van der Waals surface area contributed by atoms with Gasteiger partial charge in [0.05, 0.1) is 5.69 Å². The third-order valence-electron chi connectivity index (χ3n) is 3.77. The quantitative estimate of drug-likeness (QED) is 0.748. The van der Waals surface area contributed by atoms with Gasteiger partial charge in [0.25, 0.3) is 0 Å². The van der Waals surface area contributed by atoms with Gasteiger partial charge in [0, 0.05) is 34.1 Å². The average molecular weight is 351 g/mol. The van der Waals surface area contributed by atoms with Crippen molar-refractivity contribution in [2.24, 2.45) is 10.1 Å². The maximum absolute atomic E-state index is 13.8. The summed E-state index contributed by atoms with van der Waals surface area (Å²) < 4.78 is 13.8. The number of hydrogen-bond acceptors (Lipinski definition) is 4. The zero-order valence-corrected chi connectivity index (χ0v) is 13.7. The number of hydrazone groups is 1. The molecule has 1 aliphatic rings. The normalized spacial score (nSPS) is 13.2. The second kappa shape index (κ2) is 6.45. The van der Waals surface area contributed by atoms with Gasteiger partial charge in [0.1, 0.15) is 11.5 Å². The van der Waals surface area contributed by atoms with Crippen LogP contribution in [0.3, 0.4) is 0 Å². The predicted octanol–water partition coefficient (Wildman–Crippen LogP) is 4.31. The molecule has 0 radical (unpaired) electrons. The molecule has 4 nitrogen and oxygen atoms in total. The Kier molecular flexibility index (Phi) is 3.99. The first-order valence-electron chi connectivity index (χ1n) is 7.59. The fourth-order valence-electron chi connectivity index (χ4n) is 2.57. The van der Waals surface area contributed by atoms with E-state index in [1.165, 1.54) is 12.1 Å². The molecule has 0 bridgehead atoms. The van der Waals surface area contributed by atoms with Gasteiger partial charge in [-0.15, -0.1) is 0 Å². The lowest BCUT2D eigenvalue weighted by Crippen LogP contribution is -2.19. The standard InChI is InChI=1S/C19H12ClFN4/c20-14-5-3-12(4-6-14)19-23-17-8-7-15(21)10-16(17)18(24-25-19)13-2-1-9-22-11-13/h1-11H,(H,23,25). The highest BCUT2D eigenvalue weighted by Crippen LogP contribution is 2.26. The van der Waals surface area contributed by atoms with Crippen LogP contribution in [-0.2, 0) is 0 Å². The highest BCUT2D eigenvalue weighted by molar-refractivity contribution is 6.30. The van der Waals surface area contributed by atoms with Gasteiger partial charge < -0.3 is 0 Å². The number of halogens is 2. The first-order valence-corrected chi connectivity index (χ1v) is 7.97. The van der Waals surface area contributed by atoms with Crippen LogP contribution in [-0.4, -0.2) is 16.5 Å². The van der Waals surface area contributed by atoms with E-state index in [2.05, 4.69) is 20.5 Å². The molecule has 0 fully saturated rings. The van der Waals surface area contributed by atoms with Crippen LogP contribution in [0.5, 0.6) is 0 Å². The smallest absolute Gasteiger partial charge is 0.154 e. The molecule has 0 saturated heterocycles. The fourth-order valence-corrected chi connectivity index (χ4v) is 2.70. The molecule has 1 aliphatic heterocycles. The highest BCUT2D eigenvalue weighted by atomic mass is 35.5. The number of nitrogens with one attached hydrogen (secondary N) is 1. The van der Waals surface area contributed by atoms with Crippen LogP contribution in [0.15, 0.2) is 77.1 Å². The van der Waals surface area contributed by atoms with Crippen molar-refractivity contribution < 1.29 is 4.39 Å². The zero-order chi connectivity index (χ0) is 17.2. The molecule has 3 aromatic rings. The minimum atomic E-state index is -0.347. The summed E-state index contributed by atoms with van der Waals surface area (Å²) in [6.45, 7) is 0. The molecule has 122 valence electrons. The van der Waals surface area contributed by atoms with E-state index < -0.39 is 0 Å². The number of aliphatic imine (C=N–C) groups is 1. The number of aromatic nitrogens is 1. The number of hydrogen-bond donors (Lipinski definition) is 1. The van der Waals surface area contributed by atoms with Crippen LogP contribution < -0.4 is 5.43 Å². The second-order valence-corrected chi connectivity index (χ2v) is 5.88. The van der Waals surface area contributed by atoms with E-state index in [1.54, 1.807) is 30.6 Å². The van der Waals surface area contributed by atoms with E-state index in [-0.39, 0.29) is 5.82 Å². The minimum Gasteiger partial charge on any atom is -0.264 e. The van der Waals surface area contributed by atoms with E-state index in [4.69, 9.17) is 11.6 Å².